The average molecular weight is 462 g/mol. The summed E-state index contributed by atoms with van der Waals surface area (Å²) in [6.45, 7) is 4.18. The number of rotatable bonds is 10. The molecule has 0 aromatic heterocycles. The second kappa shape index (κ2) is 12.1. The van der Waals surface area contributed by atoms with Crippen molar-refractivity contribution in [3.8, 4) is 17.2 Å². The van der Waals surface area contributed by atoms with Crippen LogP contribution in [0.2, 0.25) is 0 Å². The molecule has 3 rings (SSSR count). The quantitative estimate of drug-likeness (QED) is 0.349. The summed E-state index contributed by atoms with van der Waals surface area (Å²) in [6, 6.07) is 19.4. The fourth-order valence-corrected chi connectivity index (χ4v) is 2.95. The fourth-order valence-electron chi connectivity index (χ4n) is 2.95. The van der Waals surface area contributed by atoms with Crippen LogP contribution in [0.25, 0.3) is 0 Å². The molecular weight excluding hydrogens is 434 g/mol. The number of aryl methyl sites for hydroxylation is 1. The normalized spacial score (nSPS) is 10.6. The van der Waals surface area contributed by atoms with E-state index in [9.17, 15) is 9.59 Å². The number of amides is 2. The van der Waals surface area contributed by atoms with E-state index < -0.39 is 0 Å². The van der Waals surface area contributed by atoms with Crippen molar-refractivity contribution in [3.63, 3.8) is 0 Å². The summed E-state index contributed by atoms with van der Waals surface area (Å²) in [5.41, 5.74) is 5.47. The molecule has 0 heterocycles. The Morgan fingerprint density at radius 2 is 1.68 bits per heavy atom. The predicted octanol–water partition coefficient (Wildman–Crippen LogP) is 4.18. The van der Waals surface area contributed by atoms with Gasteiger partial charge in [0.2, 0.25) is 0 Å². The van der Waals surface area contributed by atoms with E-state index in [0.29, 0.717) is 29.4 Å². The predicted molar refractivity (Wildman–Crippen MR) is 131 cm³/mol. The maximum atomic E-state index is 12.4. The summed E-state index contributed by atoms with van der Waals surface area (Å²) < 4.78 is 16.2. The van der Waals surface area contributed by atoms with Crippen molar-refractivity contribution in [3.05, 3.63) is 83.4 Å². The molecule has 2 amide bonds. The number of nitrogens with one attached hydrogen (secondary N) is 2. The van der Waals surface area contributed by atoms with Crippen LogP contribution < -0.4 is 25.0 Å². The number of hydrogen-bond acceptors (Lipinski definition) is 6. The van der Waals surface area contributed by atoms with Crippen molar-refractivity contribution in [1.29, 1.82) is 0 Å². The van der Waals surface area contributed by atoms with E-state index in [4.69, 9.17) is 14.2 Å². The number of anilines is 1. The molecule has 0 aliphatic heterocycles. The molecule has 0 unspecified atom stereocenters. The topological polar surface area (TPSA) is 98.3 Å². The van der Waals surface area contributed by atoms with Gasteiger partial charge in [-0.1, -0.05) is 17.7 Å². The molecule has 0 aliphatic rings. The Bertz CT molecular complexity index is 1140. The number of benzene rings is 3. The zero-order chi connectivity index (χ0) is 24.3. The molecule has 0 atom stereocenters. The SMILES string of the molecule is CCOc1cc(C(=O)N/N=C/c2ccc(OCC(=O)Nc3ccc(C)cc3)cc2)ccc1OC. The number of hydrogen-bond donors (Lipinski definition) is 2. The van der Waals surface area contributed by atoms with Gasteiger partial charge in [0.1, 0.15) is 5.75 Å². The van der Waals surface area contributed by atoms with Gasteiger partial charge >= 0.3 is 0 Å². The highest BCUT2D eigenvalue weighted by Gasteiger charge is 2.10. The van der Waals surface area contributed by atoms with Crippen LogP contribution in [0, 0.1) is 6.92 Å². The molecule has 8 nitrogen and oxygen atoms in total. The Labute approximate surface area is 198 Å². The van der Waals surface area contributed by atoms with Crippen LogP contribution in [0.1, 0.15) is 28.4 Å². The highest BCUT2D eigenvalue weighted by Crippen LogP contribution is 2.28. The summed E-state index contributed by atoms with van der Waals surface area (Å²) in [4.78, 5) is 24.4. The summed E-state index contributed by atoms with van der Waals surface area (Å²) in [5.74, 6) is 0.964. The molecule has 0 radical (unpaired) electrons. The minimum absolute atomic E-state index is 0.108. The second-order valence-electron chi connectivity index (χ2n) is 7.27. The van der Waals surface area contributed by atoms with Gasteiger partial charge in [-0.2, -0.15) is 5.10 Å². The Morgan fingerprint density at radius 3 is 2.35 bits per heavy atom. The highest BCUT2D eigenvalue weighted by atomic mass is 16.5. The Hall–Kier alpha value is -4.33. The molecule has 0 saturated carbocycles. The van der Waals surface area contributed by atoms with Crippen LogP contribution in [0.5, 0.6) is 17.2 Å². The Balaban J connectivity index is 1.48. The molecule has 0 fully saturated rings. The van der Waals surface area contributed by atoms with Crippen LogP contribution in [0.4, 0.5) is 5.69 Å². The maximum absolute atomic E-state index is 12.4. The third-order valence-electron chi connectivity index (χ3n) is 4.69. The first-order valence-corrected chi connectivity index (χ1v) is 10.7. The lowest BCUT2D eigenvalue weighted by molar-refractivity contribution is -0.118. The zero-order valence-electron chi connectivity index (χ0n) is 19.3. The average Bonchev–Trinajstić information content (AvgIpc) is 2.85. The summed E-state index contributed by atoms with van der Waals surface area (Å²) in [7, 11) is 1.54. The molecule has 176 valence electrons. The van der Waals surface area contributed by atoms with E-state index in [1.165, 1.54) is 6.21 Å². The largest absolute Gasteiger partial charge is 0.493 e. The van der Waals surface area contributed by atoms with Crippen molar-refractivity contribution in [2.24, 2.45) is 5.10 Å². The van der Waals surface area contributed by atoms with E-state index >= 15 is 0 Å². The molecular formula is C26H27N3O5. The van der Waals surface area contributed by atoms with Crippen molar-refractivity contribution in [2.45, 2.75) is 13.8 Å². The van der Waals surface area contributed by atoms with Gasteiger partial charge in [-0.15, -0.1) is 0 Å². The lowest BCUT2D eigenvalue weighted by atomic mass is 10.2. The van der Waals surface area contributed by atoms with Gasteiger partial charge in [0, 0.05) is 11.3 Å². The Morgan fingerprint density at radius 1 is 0.941 bits per heavy atom. The lowest BCUT2D eigenvalue weighted by Crippen LogP contribution is -2.20. The van der Waals surface area contributed by atoms with E-state index in [0.717, 1.165) is 16.8 Å². The number of nitrogens with zero attached hydrogens (tertiary/aromatic N) is 1. The maximum Gasteiger partial charge on any atom is 0.271 e. The standard InChI is InChI=1S/C26H27N3O5/c1-4-33-24-15-20(9-14-23(24)32-3)26(31)29-27-16-19-7-12-22(13-8-19)34-17-25(30)28-21-10-5-18(2)6-11-21/h5-16H,4,17H2,1-3H3,(H,28,30)(H,29,31)/b27-16+. The minimum Gasteiger partial charge on any atom is -0.493 e. The molecule has 0 saturated heterocycles. The third kappa shape index (κ3) is 7.09. The van der Waals surface area contributed by atoms with Gasteiger partial charge in [0.25, 0.3) is 11.8 Å². The third-order valence-corrected chi connectivity index (χ3v) is 4.69. The summed E-state index contributed by atoms with van der Waals surface area (Å²) in [6.07, 6.45) is 1.51. The van der Waals surface area contributed by atoms with Crippen molar-refractivity contribution >= 4 is 23.7 Å². The van der Waals surface area contributed by atoms with E-state index in [-0.39, 0.29) is 18.4 Å². The molecule has 34 heavy (non-hydrogen) atoms. The fraction of sp³-hybridized carbons (Fsp3) is 0.192. The first-order valence-electron chi connectivity index (χ1n) is 10.7. The van der Waals surface area contributed by atoms with Crippen LogP contribution in [-0.4, -0.2) is 38.4 Å². The molecule has 2 N–H and O–H groups in total. The van der Waals surface area contributed by atoms with Crippen LogP contribution >= 0.6 is 0 Å². The second-order valence-corrected chi connectivity index (χ2v) is 7.27. The first-order chi connectivity index (χ1) is 16.5. The molecule has 0 spiro atoms. The van der Waals surface area contributed by atoms with Gasteiger partial charge in [0.15, 0.2) is 18.1 Å². The van der Waals surface area contributed by atoms with Crippen LogP contribution in [0.3, 0.4) is 0 Å². The Kier molecular flexibility index (Phi) is 8.62. The van der Waals surface area contributed by atoms with E-state index in [1.54, 1.807) is 49.6 Å². The van der Waals surface area contributed by atoms with Crippen LogP contribution in [0.15, 0.2) is 71.8 Å². The van der Waals surface area contributed by atoms with Gasteiger partial charge < -0.3 is 19.5 Å². The number of carbonyl (C=O) groups is 2. The number of ether oxygens (including phenoxy) is 3. The van der Waals surface area contributed by atoms with E-state index in [1.807, 2.05) is 38.1 Å². The van der Waals surface area contributed by atoms with Crippen LogP contribution in [-0.2, 0) is 4.79 Å². The minimum atomic E-state index is -0.376. The van der Waals surface area contributed by atoms with Crippen molar-refractivity contribution in [2.75, 3.05) is 25.6 Å². The van der Waals surface area contributed by atoms with E-state index in [2.05, 4.69) is 15.8 Å². The number of methoxy groups -OCH3 is 1. The summed E-state index contributed by atoms with van der Waals surface area (Å²) in [5, 5.41) is 6.77. The van der Waals surface area contributed by atoms with Gasteiger partial charge in [-0.3, -0.25) is 9.59 Å². The lowest BCUT2D eigenvalue weighted by Gasteiger charge is -2.10. The van der Waals surface area contributed by atoms with Gasteiger partial charge in [-0.25, -0.2) is 5.43 Å². The molecule has 0 aliphatic carbocycles. The number of carbonyl (C=O) groups excluding carboxylic acids is 2. The van der Waals surface area contributed by atoms with Crippen molar-refractivity contribution < 1.29 is 23.8 Å². The molecule has 8 heteroatoms. The smallest absolute Gasteiger partial charge is 0.271 e. The first kappa shape index (κ1) is 24.3. The van der Waals surface area contributed by atoms with Gasteiger partial charge in [-0.05, 0) is 74.0 Å². The number of hydrazone groups is 1. The molecule has 3 aromatic carbocycles. The monoisotopic (exact) mass is 461 g/mol. The highest BCUT2D eigenvalue weighted by molar-refractivity contribution is 5.95. The molecule has 3 aromatic rings. The van der Waals surface area contributed by atoms with Gasteiger partial charge in [0.05, 0.1) is 19.9 Å². The molecule has 0 bridgehead atoms. The summed E-state index contributed by atoms with van der Waals surface area (Å²) >= 11 is 0. The van der Waals surface area contributed by atoms with Crippen molar-refractivity contribution in [1.82, 2.24) is 5.43 Å². The zero-order valence-corrected chi connectivity index (χ0v) is 19.3.